The Bertz CT molecular complexity index is 3350. The van der Waals surface area contributed by atoms with Crippen molar-refractivity contribution in [3.63, 3.8) is 0 Å². The molecular formula is C74H92N8O13S3. The van der Waals surface area contributed by atoms with E-state index in [1.54, 1.807) is 93.6 Å². The number of carbonyl (C=O) groups is 9. The normalized spacial score (nSPS) is 12.9. The van der Waals surface area contributed by atoms with Gasteiger partial charge in [0.05, 0.1) is 29.7 Å². The van der Waals surface area contributed by atoms with Gasteiger partial charge in [0.15, 0.2) is 0 Å². The molecule has 6 aromatic carbocycles. The van der Waals surface area contributed by atoms with E-state index in [0.29, 0.717) is 24.3 Å². The SMILES string of the molecule is CC(C)COCSCC(NC(=O)CNC(=O)C(Cc1ccccc1)NC(=O)CNC(=O)C(CSC(c1ccccc1)(c1ccccc1)c1ccccc1)NC(=O)C(CSCOCC(C)C)NC(=O)OCc1ccccc1)C(=O)NC(Cc1ccccc1)C(=O)NCC(=O)OC(C)(C)C. The van der Waals surface area contributed by atoms with Crippen molar-refractivity contribution in [2.75, 3.05) is 62.0 Å². The van der Waals surface area contributed by atoms with Crippen LogP contribution in [0.5, 0.6) is 0 Å². The number of ether oxygens (including phenoxy) is 4. The van der Waals surface area contributed by atoms with Gasteiger partial charge < -0.3 is 61.5 Å². The van der Waals surface area contributed by atoms with Crippen LogP contribution in [0, 0.1) is 11.8 Å². The smallest absolute Gasteiger partial charge is 0.408 e. The Hall–Kier alpha value is -8.68. The van der Waals surface area contributed by atoms with Crippen LogP contribution in [0.4, 0.5) is 4.79 Å². The zero-order chi connectivity index (χ0) is 70.7. The molecule has 5 atom stereocenters. The lowest BCUT2D eigenvalue weighted by Crippen LogP contribution is -2.57. The summed E-state index contributed by atoms with van der Waals surface area (Å²) in [6.07, 6.45) is -0.890. The molecule has 6 aromatic rings. The zero-order valence-electron chi connectivity index (χ0n) is 56.6. The molecule has 98 heavy (non-hydrogen) atoms. The largest absolute Gasteiger partial charge is 0.459 e. The van der Waals surface area contributed by atoms with Crippen molar-refractivity contribution in [2.45, 2.75) is 108 Å². The lowest BCUT2D eigenvalue weighted by atomic mass is 9.84. The molecule has 0 heterocycles. The summed E-state index contributed by atoms with van der Waals surface area (Å²) >= 11 is 3.87. The molecule has 524 valence electrons. The first-order valence-corrected chi connectivity index (χ1v) is 35.8. The molecule has 6 rings (SSSR count). The zero-order valence-corrected chi connectivity index (χ0v) is 59.0. The Morgan fingerprint density at radius 1 is 0.398 bits per heavy atom. The Morgan fingerprint density at radius 3 is 1.16 bits per heavy atom. The molecule has 8 N–H and O–H groups in total. The molecule has 0 spiro atoms. The number of alkyl carbamates (subject to hydrolysis) is 1. The van der Waals surface area contributed by atoms with Gasteiger partial charge in [-0.15, -0.1) is 35.3 Å². The van der Waals surface area contributed by atoms with Gasteiger partial charge in [-0.25, -0.2) is 4.79 Å². The Morgan fingerprint density at radius 2 is 0.745 bits per heavy atom. The predicted octanol–water partition coefficient (Wildman–Crippen LogP) is 7.85. The molecule has 0 saturated carbocycles. The van der Waals surface area contributed by atoms with Gasteiger partial charge in [0.2, 0.25) is 41.4 Å². The summed E-state index contributed by atoms with van der Waals surface area (Å²) in [5, 5.41) is 21.6. The molecule has 21 nitrogen and oxygen atoms in total. The van der Waals surface area contributed by atoms with E-state index >= 15 is 0 Å². The summed E-state index contributed by atoms with van der Waals surface area (Å²) < 4.78 is 21.5. The van der Waals surface area contributed by atoms with E-state index < -0.39 is 114 Å². The Balaban J connectivity index is 1.22. The molecule has 0 aliphatic heterocycles. The minimum Gasteiger partial charge on any atom is -0.459 e. The second-order valence-electron chi connectivity index (χ2n) is 24.8. The van der Waals surface area contributed by atoms with Gasteiger partial charge in [-0.2, -0.15) is 0 Å². The minimum absolute atomic E-state index is 0.00878. The first-order valence-electron chi connectivity index (χ1n) is 32.5. The second-order valence-corrected chi connectivity index (χ2v) is 28.0. The van der Waals surface area contributed by atoms with E-state index in [-0.39, 0.29) is 60.4 Å². The summed E-state index contributed by atoms with van der Waals surface area (Å²) in [6.45, 7) is 12.1. The number of carbonyl (C=O) groups excluding carboxylic acids is 9. The molecule has 5 unspecified atom stereocenters. The number of amides is 8. The van der Waals surface area contributed by atoms with E-state index in [1.807, 2.05) is 137 Å². The summed E-state index contributed by atoms with van der Waals surface area (Å²) in [4.78, 5) is 126. The van der Waals surface area contributed by atoms with Crippen molar-refractivity contribution >= 4 is 88.7 Å². The van der Waals surface area contributed by atoms with Crippen molar-refractivity contribution < 1.29 is 62.1 Å². The maximum absolute atomic E-state index is 14.9. The first-order chi connectivity index (χ1) is 47.1. The Labute approximate surface area is 587 Å². The van der Waals surface area contributed by atoms with E-state index in [0.717, 1.165) is 22.3 Å². The van der Waals surface area contributed by atoms with Crippen LogP contribution >= 0.6 is 35.3 Å². The molecule has 0 aromatic heterocycles. The highest BCUT2D eigenvalue weighted by Crippen LogP contribution is 2.48. The van der Waals surface area contributed by atoms with Crippen LogP contribution in [-0.4, -0.2) is 151 Å². The van der Waals surface area contributed by atoms with Crippen LogP contribution in [0.25, 0.3) is 0 Å². The van der Waals surface area contributed by atoms with Crippen molar-refractivity contribution in [1.82, 2.24) is 42.5 Å². The van der Waals surface area contributed by atoms with Crippen molar-refractivity contribution in [3.8, 4) is 0 Å². The number of hydrogen-bond donors (Lipinski definition) is 8. The third kappa shape index (κ3) is 28.0. The van der Waals surface area contributed by atoms with Crippen molar-refractivity contribution in [1.29, 1.82) is 0 Å². The predicted molar refractivity (Wildman–Crippen MR) is 384 cm³/mol. The monoisotopic (exact) mass is 1400 g/mol. The molecule has 0 fully saturated rings. The summed E-state index contributed by atoms with van der Waals surface area (Å²) in [6, 6.07) is 49.6. The third-order valence-corrected chi connectivity index (χ3v) is 17.9. The van der Waals surface area contributed by atoms with Gasteiger partial charge in [0.25, 0.3) is 0 Å². The third-order valence-electron chi connectivity index (χ3n) is 14.4. The van der Waals surface area contributed by atoms with Gasteiger partial charge in [-0.05, 0) is 66.0 Å². The quantitative estimate of drug-likeness (QED) is 0.00787. The molecule has 24 heteroatoms. The highest BCUT2D eigenvalue weighted by Gasteiger charge is 2.40. The number of esters is 1. The van der Waals surface area contributed by atoms with Crippen LogP contribution in [-0.2, 0) is 81.5 Å². The molecule has 0 aliphatic carbocycles. The van der Waals surface area contributed by atoms with Gasteiger partial charge in [0, 0.05) is 43.3 Å². The van der Waals surface area contributed by atoms with Crippen molar-refractivity contribution in [2.24, 2.45) is 11.8 Å². The van der Waals surface area contributed by atoms with E-state index in [2.05, 4.69) is 42.5 Å². The fourth-order valence-electron chi connectivity index (χ4n) is 9.84. The summed E-state index contributed by atoms with van der Waals surface area (Å²) in [5.74, 6) is -5.14. The minimum atomic E-state index is -1.36. The number of benzene rings is 6. The maximum atomic E-state index is 14.9. The second kappa shape index (κ2) is 41.5. The number of hydrogen-bond acceptors (Lipinski definition) is 16. The molecule has 0 aliphatic rings. The van der Waals surface area contributed by atoms with Crippen molar-refractivity contribution in [3.05, 3.63) is 215 Å². The van der Waals surface area contributed by atoms with Crippen LogP contribution in [0.15, 0.2) is 182 Å². The topological polar surface area (TPSA) is 287 Å². The van der Waals surface area contributed by atoms with Crippen LogP contribution < -0.4 is 42.5 Å². The summed E-state index contributed by atoms with van der Waals surface area (Å²) in [7, 11) is 0. The van der Waals surface area contributed by atoms with E-state index in [9.17, 15) is 43.2 Å². The Kier molecular flexibility index (Phi) is 33.2. The lowest BCUT2D eigenvalue weighted by molar-refractivity contribution is -0.154. The highest BCUT2D eigenvalue weighted by atomic mass is 32.2. The fourth-order valence-corrected chi connectivity index (χ4v) is 13.0. The molecule has 0 bridgehead atoms. The van der Waals surface area contributed by atoms with E-state index in [1.165, 1.54) is 35.3 Å². The van der Waals surface area contributed by atoms with Gasteiger partial charge in [-0.1, -0.05) is 210 Å². The molecular weight excluding hydrogens is 1310 g/mol. The number of rotatable bonds is 40. The van der Waals surface area contributed by atoms with Crippen LogP contribution in [0.3, 0.4) is 0 Å². The fraction of sp³-hybridized carbons (Fsp3) is 0.392. The maximum Gasteiger partial charge on any atom is 0.408 e. The summed E-state index contributed by atoms with van der Waals surface area (Å²) in [5.41, 5.74) is 3.89. The molecule has 0 radical (unpaired) electrons. The highest BCUT2D eigenvalue weighted by molar-refractivity contribution is 8.00. The van der Waals surface area contributed by atoms with Crippen LogP contribution in [0.1, 0.15) is 81.8 Å². The van der Waals surface area contributed by atoms with E-state index in [4.69, 9.17) is 18.9 Å². The lowest BCUT2D eigenvalue weighted by Gasteiger charge is -2.36. The van der Waals surface area contributed by atoms with Gasteiger partial charge in [-0.3, -0.25) is 38.4 Å². The van der Waals surface area contributed by atoms with Gasteiger partial charge >= 0.3 is 12.1 Å². The number of thioether (sulfide) groups is 3. The average Bonchev–Trinajstić information content (AvgIpc) is 0.758. The van der Waals surface area contributed by atoms with Crippen LogP contribution in [0.2, 0.25) is 0 Å². The first kappa shape index (κ1) is 78.3. The average molecular weight is 1400 g/mol. The standard InChI is InChI=1S/C74H92N8O13S3/c1-51(2)43-92-49-96-46-61(70(89)80-60(39-54-28-16-9-17-29-54)68(87)77-42-66(85)95-73(5,6)7)79-65(84)41-75-67(86)59(38-53-26-14-8-15-27-53)78-64(83)40-76-69(88)63(48-98-74(56-32-20-11-21-33-56,57-34-22-12-23-35-57)58-36-24-13-25-37-58)81-71(90)62(47-97-50-93-44-52(3)4)82-72(91)94-45-55-30-18-10-19-31-55/h8-37,51-52,59-63H,38-50H2,1-7H3,(H,75,86)(H,76,88)(H,77,87)(H,78,83)(H,79,84)(H,80,89)(H,81,90)(H,82,91). The molecule has 8 amide bonds. The molecule has 0 saturated heterocycles. The van der Waals surface area contributed by atoms with Gasteiger partial charge in [0.1, 0.15) is 49.0 Å². The number of nitrogens with one attached hydrogen (secondary N) is 8.